The molecule has 0 saturated heterocycles. The third-order valence-electron chi connectivity index (χ3n) is 5.14. The molecule has 4 rings (SSSR count). The lowest BCUT2D eigenvalue weighted by atomic mass is 10.1. The first kappa shape index (κ1) is 22.7. The predicted molar refractivity (Wildman–Crippen MR) is 123 cm³/mol. The first-order valence-electron chi connectivity index (χ1n) is 10.3. The van der Waals surface area contributed by atoms with E-state index in [1.807, 2.05) is 36.2 Å². The van der Waals surface area contributed by atoms with Crippen molar-refractivity contribution in [2.24, 2.45) is 0 Å². The first-order chi connectivity index (χ1) is 15.9. The number of nitrogens with one attached hydrogen (secondary N) is 2. The number of anilines is 1. The van der Waals surface area contributed by atoms with Crippen LogP contribution in [0.15, 0.2) is 60.9 Å². The van der Waals surface area contributed by atoms with Crippen LogP contribution in [0.4, 0.5) is 10.1 Å². The van der Waals surface area contributed by atoms with Crippen LogP contribution in [-0.2, 0) is 6.54 Å². The number of ether oxygens (including phenoxy) is 1. The molecule has 2 aromatic carbocycles. The summed E-state index contributed by atoms with van der Waals surface area (Å²) in [7, 11) is 1.93. The second-order valence-electron chi connectivity index (χ2n) is 7.79. The number of hydrogen-bond acceptors (Lipinski definition) is 5. The van der Waals surface area contributed by atoms with Crippen molar-refractivity contribution < 1.29 is 18.7 Å². The van der Waals surface area contributed by atoms with Gasteiger partial charge >= 0.3 is 0 Å². The number of carbonyl (C=O) groups excluding carboxylic acids is 2. The zero-order valence-corrected chi connectivity index (χ0v) is 18.6. The van der Waals surface area contributed by atoms with Gasteiger partial charge in [0, 0.05) is 42.1 Å². The molecule has 0 aliphatic carbocycles. The molecule has 0 bridgehead atoms. The Hall–Kier alpha value is -3.49. The molecule has 1 aliphatic rings. The standard InChI is InChI=1S/C24H22ClFN4O3/c1-30(13-15-2-4-17(25)5-3-15)14-19-12-28-24(32)20-10-18(26)11-21(22(20)33-19)29-23(31)16-6-8-27-9-7-16/h2-11,19H,12-14H2,1H3,(H,28,32)(H,29,31)/t19-/m0/s1. The molecule has 0 fully saturated rings. The van der Waals surface area contributed by atoms with Gasteiger partial charge in [0.15, 0.2) is 5.75 Å². The molecular weight excluding hydrogens is 447 g/mol. The molecule has 1 aliphatic heterocycles. The first-order valence-corrected chi connectivity index (χ1v) is 10.7. The molecule has 3 aromatic rings. The van der Waals surface area contributed by atoms with Crippen molar-refractivity contribution in [3.8, 4) is 5.75 Å². The third-order valence-corrected chi connectivity index (χ3v) is 5.40. The number of benzene rings is 2. The summed E-state index contributed by atoms with van der Waals surface area (Å²) in [6, 6.07) is 12.9. The van der Waals surface area contributed by atoms with Crippen molar-refractivity contribution in [1.29, 1.82) is 0 Å². The highest BCUT2D eigenvalue weighted by Crippen LogP contribution is 2.33. The molecule has 9 heteroatoms. The average molecular weight is 469 g/mol. The molecule has 1 aromatic heterocycles. The van der Waals surface area contributed by atoms with Gasteiger partial charge in [-0.25, -0.2) is 4.39 Å². The van der Waals surface area contributed by atoms with E-state index in [1.165, 1.54) is 24.5 Å². The van der Waals surface area contributed by atoms with Crippen molar-refractivity contribution >= 4 is 29.1 Å². The van der Waals surface area contributed by atoms with E-state index in [2.05, 4.69) is 15.6 Å². The number of halogens is 2. The number of likely N-dealkylation sites (N-methyl/N-ethyl adjacent to an activating group) is 1. The average Bonchev–Trinajstić information content (AvgIpc) is 2.95. The Balaban J connectivity index is 1.54. The van der Waals surface area contributed by atoms with Crippen molar-refractivity contribution in [1.82, 2.24) is 15.2 Å². The highest BCUT2D eigenvalue weighted by Gasteiger charge is 2.27. The summed E-state index contributed by atoms with van der Waals surface area (Å²) in [6.07, 6.45) is 2.55. The second-order valence-corrected chi connectivity index (χ2v) is 8.23. The topological polar surface area (TPSA) is 83.6 Å². The Bertz CT molecular complexity index is 1160. The van der Waals surface area contributed by atoms with E-state index in [0.29, 0.717) is 23.7 Å². The molecule has 33 heavy (non-hydrogen) atoms. The van der Waals surface area contributed by atoms with E-state index in [9.17, 15) is 14.0 Å². The minimum atomic E-state index is -0.657. The Morgan fingerprint density at radius 2 is 1.97 bits per heavy atom. The van der Waals surface area contributed by atoms with Gasteiger partial charge in [0.2, 0.25) is 0 Å². The smallest absolute Gasteiger partial charge is 0.255 e. The Morgan fingerprint density at radius 1 is 1.24 bits per heavy atom. The number of fused-ring (bicyclic) bond motifs is 1. The van der Waals surface area contributed by atoms with Gasteiger partial charge in [-0.15, -0.1) is 0 Å². The van der Waals surface area contributed by atoms with E-state index < -0.39 is 23.7 Å². The zero-order valence-electron chi connectivity index (χ0n) is 17.8. The van der Waals surface area contributed by atoms with Crippen molar-refractivity contribution in [2.45, 2.75) is 12.6 Å². The molecular formula is C24H22ClFN4O3. The number of aromatic nitrogens is 1. The number of carbonyl (C=O) groups is 2. The van der Waals surface area contributed by atoms with Crippen molar-refractivity contribution in [3.63, 3.8) is 0 Å². The fourth-order valence-corrected chi connectivity index (χ4v) is 3.73. The zero-order chi connectivity index (χ0) is 23.4. The number of pyridine rings is 1. The number of nitrogens with zero attached hydrogens (tertiary/aromatic N) is 2. The minimum Gasteiger partial charge on any atom is -0.484 e. The molecule has 2 amide bonds. The predicted octanol–water partition coefficient (Wildman–Crippen LogP) is 3.75. The van der Waals surface area contributed by atoms with Crippen LogP contribution < -0.4 is 15.4 Å². The lowest BCUT2D eigenvalue weighted by Crippen LogP contribution is -2.39. The molecule has 170 valence electrons. The lowest BCUT2D eigenvalue weighted by molar-refractivity contribution is 0.0942. The van der Waals surface area contributed by atoms with Gasteiger partial charge in [-0.3, -0.25) is 19.5 Å². The van der Waals surface area contributed by atoms with Crippen LogP contribution in [0.25, 0.3) is 0 Å². The summed E-state index contributed by atoms with van der Waals surface area (Å²) < 4.78 is 20.4. The summed E-state index contributed by atoms with van der Waals surface area (Å²) >= 11 is 5.95. The highest BCUT2D eigenvalue weighted by molar-refractivity contribution is 6.30. The molecule has 1 atom stereocenters. The molecule has 2 heterocycles. The quantitative estimate of drug-likeness (QED) is 0.575. The van der Waals surface area contributed by atoms with E-state index >= 15 is 0 Å². The maximum absolute atomic E-state index is 14.3. The maximum atomic E-state index is 14.3. The molecule has 0 unspecified atom stereocenters. The van der Waals surface area contributed by atoms with Gasteiger partial charge in [-0.05, 0) is 42.9 Å². The fraction of sp³-hybridized carbons (Fsp3) is 0.208. The number of amides is 2. The van der Waals surface area contributed by atoms with Crippen LogP contribution in [0.1, 0.15) is 26.3 Å². The highest BCUT2D eigenvalue weighted by atomic mass is 35.5. The SMILES string of the molecule is CN(Cc1ccc(Cl)cc1)C[C@@H]1CNC(=O)c2cc(F)cc(NC(=O)c3ccncc3)c2O1. The minimum absolute atomic E-state index is 0.0304. The summed E-state index contributed by atoms with van der Waals surface area (Å²) in [5.74, 6) is -1.45. The molecule has 2 N–H and O–H groups in total. The summed E-state index contributed by atoms with van der Waals surface area (Å²) in [6.45, 7) is 1.36. The number of hydrogen-bond donors (Lipinski definition) is 2. The van der Waals surface area contributed by atoms with Crippen LogP contribution in [0.2, 0.25) is 5.02 Å². The van der Waals surface area contributed by atoms with E-state index in [1.54, 1.807) is 0 Å². The number of rotatable bonds is 6. The van der Waals surface area contributed by atoms with Crippen LogP contribution in [0, 0.1) is 5.82 Å². The Labute approximate surface area is 195 Å². The Morgan fingerprint density at radius 3 is 2.70 bits per heavy atom. The summed E-state index contributed by atoms with van der Waals surface area (Å²) in [4.78, 5) is 31.2. The van der Waals surface area contributed by atoms with E-state index in [4.69, 9.17) is 16.3 Å². The molecule has 7 nitrogen and oxygen atoms in total. The molecule has 0 radical (unpaired) electrons. The van der Waals surface area contributed by atoms with Crippen molar-refractivity contribution in [2.75, 3.05) is 25.5 Å². The third kappa shape index (κ3) is 5.66. The normalized spacial score (nSPS) is 15.3. The largest absolute Gasteiger partial charge is 0.484 e. The van der Waals surface area contributed by atoms with E-state index in [0.717, 1.165) is 17.7 Å². The van der Waals surface area contributed by atoms with Crippen LogP contribution in [0.3, 0.4) is 0 Å². The van der Waals surface area contributed by atoms with E-state index in [-0.39, 0.29) is 23.5 Å². The van der Waals surface area contributed by atoms with Gasteiger partial charge in [0.05, 0.1) is 17.8 Å². The second kappa shape index (κ2) is 9.97. The summed E-state index contributed by atoms with van der Waals surface area (Å²) in [5, 5.41) is 6.10. The lowest BCUT2D eigenvalue weighted by Gasteiger charge is -2.24. The van der Waals surface area contributed by atoms with Gasteiger partial charge < -0.3 is 15.4 Å². The summed E-state index contributed by atoms with van der Waals surface area (Å²) in [5.41, 5.74) is 1.55. The van der Waals surface area contributed by atoms with Gasteiger partial charge in [0.1, 0.15) is 11.9 Å². The van der Waals surface area contributed by atoms with Gasteiger partial charge in [-0.2, -0.15) is 0 Å². The van der Waals surface area contributed by atoms with Gasteiger partial charge in [0.25, 0.3) is 11.8 Å². The van der Waals surface area contributed by atoms with Crippen LogP contribution >= 0.6 is 11.6 Å². The molecule has 0 spiro atoms. The Kier molecular flexibility index (Phi) is 6.86. The fourth-order valence-electron chi connectivity index (χ4n) is 3.61. The van der Waals surface area contributed by atoms with Crippen LogP contribution in [-0.4, -0.2) is 47.9 Å². The monoisotopic (exact) mass is 468 g/mol. The van der Waals surface area contributed by atoms with Crippen molar-refractivity contribution in [3.05, 3.63) is 88.5 Å². The van der Waals surface area contributed by atoms with Gasteiger partial charge in [-0.1, -0.05) is 23.7 Å². The maximum Gasteiger partial charge on any atom is 0.255 e. The van der Waals surface area contributed by atoms with Crippen LogP contribution in [0.5, 0.6) is 5.75 Å². The molecule has 0 saturated carbocycles.